The van der Waals surface area contributed by atoms with Gasteiger partial charge in [-0.3, -0.25) is 15.1 Å². The maximum absolute atomic E-state index is 11.8. The molecule has 0 spiro atoms. The molecule has 0 N–H and O–H groups in total. The lowest BCUT2D eigenvalue weighted by atomic mass is 10.1. The van der Waals surface area contributed by atoms with Crippen molar-refractivity contribution in [3.8, 4) is 0 Å². The summed E-state index contributed by atoms with van der Waals surface area (Å²) in [6.45, 7) is -0.0320. The number of hydrogen-bond acceptors (Lipinski definition) is 6. The van der Waals surface area contributed by atoms with Gasteiger partial charge in [-0.2, -0.15) is 0 Å². The second-order valence-electron chi connectivity index (χ2n) is 4.79. The zero-order chi connectivity index (χ0) is 16.1. The van der Waals surface area contributed by atoms with Crippen molar-refractivity contribution in [1.82, 2.24) is 4.98 Å². The van der Waals surface area contributed by atoms with Crippen LogP contribution in [0.1, 0.15) is 15.9 Å². The van der Waals surface area contributed by atoms with E-state index in [0.717, 1.165) is 0 Å². The van der Waals surface area contributed by atoms with Crippen LogP contribution in [0.2, 0.25) is 0 Å². The molecule has 22 heavy (non-hydrogen) atoms. The van der Waals surface area contributed by atoms with Gasteiger partial charge < -0.3 is 9.64 Å². The number of ether oxygens (including phenoxy) is 1. The van der Waals surface area contributed by atoms with Crippen LogP contribution < -0.4 is 4.90 Å². The van der Waals surface area contributed by atoms with Gasteiger partial charge in [-0.05, 0) is 23.8 Å². The van der Waals surface area contributed by atoms with Gasteiger partial charge in [-0.25, -0.2) is 4.79 Å². The van der Waals surface area contributed by atoms with Crippen molar-refractivity contribution >= 4 is 17.3 Å². The average Bonchev–Trinajstić information content (AvgIpc) is 2.53. The summed E-state index contributed by atoms with van der Waals surface area (Å²) in [7, 11) is 3.46. The predicted octanol–water partition coefficient (Wildman–Crippen LogP) is 2.41. The number of nitro groups is 1. The number of carbonyl (C=O) groups is 1. The van der Waals surface area contributed by atoms with Crippen LogP contribution in [0.3, 0.4) is 0 Å². The van der Waals surface area contributed by atoms with Crippen LogP contribution in [-0.2, 0) is 11.3 Å². The van der Waals surface area contributed by atoms with Crippen LogP contribution in [0.15, 0.2) is 42.7 Å². The van der Waals surface area contributed by atoms with Crippen molar-refractivity contribution in [2.45, 2.75) is 6.61 Å². The molecule has 0 atom stereocenters. The Balaban J connectivity index is 2.12. The van der Waals surface area contributed by atoms with Gasteiger partial charge in [-0.1, -0.05) is 6.07 Å². The third-order valence-corrected chi connectivity index (χ3v) is 3.00. The van der Waals surface area contributed by atoms with Gasteiger partial charge in [0.25, 0.3) is 5.69 Å². The molecule has 0 aliphatic heterocycles. The summed E-state index contributed by atoms with van der Waals surface area (Å²) in [5, 5.41) is 11.1. The fourth-order valence-corrected chi connectivity index (χ4v) is 1.90. The standard InChI is InChI=1S/C15H15N3O4/c1-17(2)13-4-3-11(9-14(13)18(20)21)10-22-15(19)12-5-7-16-8-6-12/h3-9H,10H2,1-2H3. The first-order chi connectivity index (χ1) is 10.5. The molecule has 1 aromatic carbocycles. The summed E-state index contributed by atoms with van der Waals surface area (Å²) in [6.07, 6.45) is 2.99. The highest BCUT2D eigenvalue weighted by Gasteiger charge is 2.16. The number of anilines is 1. The summed E-state index contributed by atoms with van der Waals surface area (Å²) in [6, 6.07) is 7.82. The molecule has 2 aromatic rings. The number of carbonyl (C=O) groups excluding carboxylic acids is 1. The van der Waals surface area contributed by atoms with Crippen LogP contribution in [0.5, 0.6) is 0 Å². The average molecular weight is 301 g/mol. The SMILES string of the molecule is CN(C)c1ccc(COC(=O)c2ccncc2)cc1[N+](=O)[O-]. The number of rotatable bonds is 5. The molecule has 0 amide bonds. The topological polar surface area (TPSA) is 85.6 Å². The first-order valence-electron chi connectivity index (χ1n) is 6.51. The van der Waals surface area contributed by atoms with E-state index in [1.807, 2.05) is 0 Å². The Bertz CT molecular complexity index is 686. The van der Waals surface area contributed by atoms with Crippen LogP contribution in [0.4, 0.5) is 11.4 Å². The minimum atomic E-state index is -0.498. The number of pyridine rings is 1. The van der Waals surface area contributed by atoms with Gasteiger partial charge in [0, 0.05) is 32.6 Å². The second kappa shape index (κ2) is 6.66. The van der Waals surface area contributed by atoms with Crippen LogP contribution in [0.25, 0.3) is 0 Å². The number of nitro benzene ring substituents is 1. The summed E-state index contributed by atoms with van der Waals surface area (Å²) >= 11 is 0. The summed E-state index contributed by atoms with van der Waals surface area (Å²) < 4.78 is 5.15. The molecule has 0 bridgehead atoms. The fraction of sp³-hybridized carbons (Fsp3) is 0.200. The predicted molar refractivity (Wildman–Crippen MR) is 80.8 cm³/mol. The van der Waals surface area contributed by atoms with E-state index in [4.69, 9.17) is 4.74 Å². The Kier molecular flexibility index (Phi) is 4.67. The van der Waals surface area contributed by atoms with E-state index >= 15 is 0 Å². The molecular formula is C15H15N3O4. The Labute approximate surface area is 127 Å². The summed E-state index contributed by atoms with van der Waals surface area (Å²) in [5.41, 5.74) is 1.41. The molecule has 2 rings (SSSR count). The molecule has 0 aliphatic rings. The Hall–Kier alpha value is -2.96. The van der Waals surface area contributed by atoms with Gasteiger partial charge >= 0.3 is 5.97 Å². The van der Waals surface area contributed by atoms with E-state index in [9.17, 15) is 14.9 Å². The Morgan fingerprint density at radius 3 is 2.55 bits per heavy atom. The number of benzene rings is 1. The number of esters is 1. The first-order valence-corrected chi connectivity index (χ1v) is 6.51. The first kappa shape index (κ1) is 15.4. The monoisotopic (exact) mass is 301 g/mol. The maximum Gasteiger partial charge on any atom is 0.338 e. The van der Waals surface area contributed by atoms with Crippen LogP contribution in [0, 0.1) is 10.1 Å². The molecular weight excluding hydrogens is 286 g/mol. The van der Waals surface area contributed by atoms with E-state index in [1.165, 1.54) is 18.5 Å². The number of nitrogens with zero attached hydrogens (tertiary/aromatic N) is 3. The molecule has 0 saturated heterocycles. The highest BCUT2D eigenvalue weighted by atomic mass is 16.6. The highest BCUT2D eigenvalue weighted by molar-refractivity contribution is 5.89. The van der Waals surface area contributed by atoms with Crippen molar-refractivity contribution in [2.24, 2.45) is 0 Å². The minimum Gasteiger partial charge on any atom is -0.457 e. The van der Waals surface area contributed by atoms with E-state index in [1.54, 1.807) is 43.3 Å². The summed E-state index contributed by atoms with van der Waals surface area (Å²) in [5.74, 6) is -0.498. The third kappa shape index (κ3) is 3.57. The van der Waals surface area contributed by atoms with Crippen LogP contribution >= 0.6 is 0 Å². The molecule has 0 unspecified atom stereocenters. The fourth-order valence-electron chi connectivity index (χ4n) is 1.90. The summed E-state index contributed by atoms with van der Waals surface area (Å²) in [4.78, 5) is 27.9. The molecule has 1 aromatic heterocycles. The van der Waals surface area contributed by atoms with Crippen LogP contribution in [-0.4, -0.2) is 30.0 Å². The minimum absolute atomic E-state index is 0.0255. The van der Waals surface area contributed by atoms with Crippen molar-refractivity contribution in [2.75, 3.05) is 19.0 Å². The van der Waals surface area contributed by atoms with Crippen molar-refractivity contribution in [3.05, 3.63) is 64.0 Å². The zero-order valence-corrected chi connectivity index (χ0v) is 12.2. The zero-order valence-electron chi connectivity index (χ0n) is 12.2. The molecule has 1 heterocycles. The normalized spacial score (nSPS) is 10.1. The van der Waals surface area contributed by atoms with E-state index in [-0.39, 0.29) is 12.3 Å². The quantitative estimate of drug-likeness (QED) is 0.479. The lowest BCUT2D eigenvalue weighted by Crippen LogP contribution is -2.11. The van der Waals surface area contributed by atoms with Crippen molar-refractivity contribution in [1.29, 1.82) is 0 Å². The molecule has 0 radical (unpaired) electrons. The van der Waals surface area contributed by atoms with Gasteiger partial charge in [-0.15, -0.1) is 0 Å². The lowest BCUT2D eigenvalue weighted by molar-refractivity contribution is -0.384. The molecule has 0 fully saturated rings. The van der Waals surface area contributed by atoms with E-state index in [0.29, 0.717) is 16.8 Å². The molecule has 0 aliphatic carbocycles. The Morgan fingerprint density at radius 1 is 1.27 bits per heavy atom. The van der Waals surface area contributed by atoms with Crippen molar-refractivity contribution < 1.29 is 14.5 Å². The Morgan fingerprint density at radius 2 is 1.95 bits per heavy atom. The molecule has 114 valence electrons. The molecule has 7 nitrogen and oxygen atoms in total. The number of aromatic nitrogens is 1. The lowest BCUT2D eigenvalue weighted by Gasteiger charge is -2.13. The largest absolute Gasteiger partial charge is 0.457 e. The van der Waals surface area contributed by atoms with Gasteiger partial charge in [0.05, 0.1) is 10.5 Å². The van der Waals surface area contributed by atoms with Gasteiger partial charge in [0.1, 0.15) is 12.3 Å². The maximum atomic E-state index is 11.8. The van der Waals surface area contributed by atoms with E-state index < -0.39 is 10.9 Å². The second-order valence-corrected chi connectivity index (χ2v) is 4.79. The van der Waals surface area contributed by atoms with Crippen molar-refractivity contribution in [3.63, 3.8) is 0 Å². The highest BCUT2D eigenvalue weighted by Crippen LogP contribution is 2.28. The van der Waals surface area contributed by atoms with Gasteiger partial charge in [0.2, 0.25) is 0 Å². The molecule has 0 saturated carbocycles. The van der Waals surface area contributed by atoms with E-state index in [2.05, 4.69) is 4.98 Å². The molecule has 7 heteroatoms. The van der Waals surface area contributed by atoms with Gasteiger partial charge in [0.15, 0.2) is 0 Å². The number of hydrogen-bond donors (Lipinski definition) is 0. The third-order valence-electron chi connectivity index (χ3n) is 3.00. The smallest absolute Gasteiger partial charge is 0.338 e.